The zero-order valence-electron chi connectivity index (χ0n) is 53.5. The van der Waals surface area contributed by atoms with E-state index in [4.69, 9.17) is 33.2 Å². The van der Waals surface area contributed by atoms with E-state index < -0.39 is 59.0 Å². The summed E-state index contributed by atoms with van der Waals surface area (Å²) in [6, 6.07) is 26.4. The molecule has 0 saturated carbocycles. The lowest BCUT2D eigenvalue weighted by Gasteiger charge is -2.34. The molecule has 0 spiro atoms. The number of ether oxygens (including phenoxy) is 7. The van der Waals surface area contributed by atoms with Gasteiger partial charge in [-0.15, -0.1) is 0 Å². The van der Waals surface area contributed by atoms with E-state index in [1.54, 1.807) is 31.4 Å². The van der Waals surface area contributed by atoms with Crippen molar-refractivity contribution in [3.63, 3.8) is 0 Å². The molecule has 5 aromatic carbocycles. The highest BCUT2D eigenvalue weighted by molar-refractivity contribution is 8.77. The van der Waals surface area contributed by atoms with Crippen molar-refractivity contribution in [2.24, 2.45) is 0 Å². The summed E-state index contributed by atoms with van der Waals surface area (Å²) >= 11 is 0. The second-order valence-electron chi connectivity index (χ2n) is 24.1. The van der Waals surface area contributed by atoms with Crippen LogP contribution in [-0.4, -0.2) is 156 Å². The molecule has 0 aliphatic carbocycles. The molecule has 0 saturated heterocycles. The summed E-state index contributed by atoms with van der Waals surface area (Å²) < 4.78 is 115. The molecule has 0 fully saturated rings. The molecule has 3 amide bonds. The lowest BCUT2D eigenvalue weighted by atomic mass is 9.87. The molecule has 26 heteroatoms. The van der Waals surface area contributed by atoms with E-state index in [-0.39, 0.29) is 73.1 Å². The van der Waals surface area contributed by atoms with Crippen molar-refractivity contribution < 1.29 is 73.5 Å². The number of nitrogens with zero attached hydrogens (tertiary/aromatic N) is 3. The minimum atomic E-state index is -4.79. The molecule has 500 valence electrons. The number of para-hydroxylation sites is 2. The quantitative estimate of drug-likeness (QED) is 0.0146. The number of hydrogen-bond acceptors (Lipinski definition) is 19. The minimum absolute atomic E-state index is 0.00790. The molecule has 4 aliphatic heterocycles. The largest absolute Gasteiger partial charge is 0.493 e. The Bertz CT molecular complexity index is 3670. The van der Waals surface area contributed by atoms with Gasteiger partial charge in [-0.3, -0.25) is 23.5 Å². The van der Waals surface area contributed by atoms with Crippen LogP contribution >= 0.6 is 21.6 Å². The van der Waals surface area contributed by atoms with E-state index in [0.29, 0.717) is 111 Å². The number of methoxy groups -OCH3 is 3. The number of anilines is 5. The van der Waals surface area contributed by atoms with Gasteiger partial charge in [-0.25, -0.2) is 0 Å². The maximum absolute atomic E-state index is 14.5. The van der Waals surface area contributed by atoms with Gasteiger partial charge in [0.1, 0.15) is 13.2 Å². The summed E-state index contributed by atoms with van der Waals surface area (Å²) in [5.74, 6) is -0.0374. The summed E-state index contributed by atoms with van der Waals surface area (Å²) in [6.45, 7) is 13.1. The summed E-state index contributed by atoms with van der Waals surface area (Å²) in [6.07, 6.45) is 4.46. The van der Waals surface area contributed by atoms with Crippen LogP contribution in [0.3, 0.4) is 0 Å². The van der Waals surface area contributed by atoms with Crippen LogP contribution in [0, 0.1) is 0 Å². The number of rotatable bonds is 34. The molecule has 4 atom stereocenters. The van der Waals surface area contributed by atoms with Gasteiger partial charge in [-0.05, 0) is 117 Å². The molecule has 0 radical (unpaired) electrons. The summed E-state index contributed by atoms with van der Waals surface area (Å²) in [5.41, 5.74) is 6.06. The first-order chi connectivity index (χ1) is 44.0. The molecule has 92 heavy (non-hydrogen) atoms. The molecule has 4 heterocycles. The molecular formula is C66H86N6O16S4. The third-order valence-electron chi connectivity index (χ3n) is 17.3. The Morgan fingerprint density at radius 3 is 1.91 bits per heavy atom. The molecule has 4 unspecified atom stereocenters. The van der Waals surface area contributed by atoms with E-state index in [1.165, 1.54) is 52.8 Å². The predicted molar refractivity (Wildman–Crippen MR) is 361 cm³/mol. The number of carbonyl (C=O) groups excluding carboxylic acids is 3. The molecule has 0 bridgehead atoms. The second-order valence-corrected chi connectivity index (χ2v) is 30.3. The first kappa shape index (κ1) is 69.8. The standard InChI is InChI=1S/C66H86N6O16S4/c1-9-12-22-66(10-2,11-3)69-61(73)60(91(76,77)78)21-29-89-90-65(4,5)42-70(23-24-85-27-28-86-26-25-82-6)47-31-43(40-87-58-37-51-49(35-56(58)83-7)63(74)71-48(39-67-51)33-45-17-13-15-19-53(45)71)30-44(32-47)41-88-59-38-52-50(36-57(59)84-8)64(75)72-54-20-16-14-18-46(54)34-55(72)62(68-52)92(79,80)81/h13-20,30-32,35-38,48,55,60,62,67-68H,9-12,21-29,33-34,39-42H2,1-8H3,(H,69,73)(H,76,77,78)(H,79,80,81). The first-order valence-electron chi connectivity index (χ1n) is 31.1. The smallest absolute Gasteiger partial charge is 0.288 e. The third kappa shape index (κ3) is 16.5. The van der Waals surface area contributed by atoms with Crippen molar-refractivity contribution in [2.45, 2.75) is 132 Å². The Morgan fingerprint density at radius 1 is 0.739 bits per heavy atom. The number of fused-ring (bicyclic) bond motifs is 8. The average Bonchev–Trinajstić information content (AvgIpc) is 1.60. The Kier molecular flexibility index (Phi) is 23.3. The highest BCUT2D eigenvalue weighted by Crippen LogP contribution is 2.45. The zero-order chi connectivity index (χ0) is 66.0. The lowest BCUT2D eigenvalue weighted by molar-refractivity contribution is -0.123. The number of benzene rings is 5. The monoisotopic (exact) mass is 1350 g/mol. The molecule has 22 nitrogen and oxygen atoms in total. The second kappa shape index (κ2) is 30.7. The van der Waals surface area contributed by atoms with Gasteiger partial charge in [0.15, 0.2) is 33.6 Å². The number of unbranched alkanes of at least 4 members (excludes halogenated alkanes) is 1. The van der Waals surface area contributed by atoms with E-state index >= 15 is 0 Å². The maximum Gasteiger partial charge on any atom is 0.288 e. The van der Waals surface area contributed by atoms with Crippen molar-refractivity contribution in [2.75, 3.05) is 105 Å². The van der Waals surface area contributed by atoms with Crippen molar-refractivity contribution in [1.29, 1.82) is 0 Å². The molecule has 5 aromatic rings. The fraction of sp³-hybridized carbons (Fsp3) is 0.500. The molecule has 4 aliphatic rings. The highest BCUT2D eigenvalue weighted by Gasteiger charge is 2.48. The van der Waals surface area contributed by atoms with Crippen LogP contribution < -0.4 is 49.6 Å². The highest BCUT2D eigenvalue weighted by atomic mass is 33.1. The van der Waals surface area contributed by atoms with Crippen molar-refractivity contribution in [3.8, 4) is 23.0 Å². The van der Waals surface area contributed by atoms with Gasteiger partial charge in [-0.1, -0.05) is 91.6 Å². The maximum atomic E-state index is 14.5. The fourth-order valence-corrected chi connectivity index (χ4v) is 16.8. The van der Waals surface area contributed by atoms with Gasteiger partial charge in [0.05, 0.1) is 81.8 Å². The predicted octanol–water partition coefficient (Wildman–Crippen LogP) is 10.2. The van der Waals surface area contributed by atoms with Crippen molar-refractivity contribution in [3.05, 3.63) is 124 Å². The Morgan fingerprint density at radius 2 is 1.32 bits per heavy atom. The van der Waals surface area contributed by atoms with Gasteiger partial charge in [-0.2, -0.15) is 16.8 Å². The minimum Gasteiger partial charge on any atom is -0.493 e. The van der Waals surface area contributed by atoms with Crippen LogP contribution in [0.5, 0.6) is 23.0 Å². The van der Waals surface area contributed by atoms with Crippen LogP contribution in [0.25, 0.3) is 0 Å². The first-order valence-corrected chi connectivity index (χ1v) is 36.5. The lowest BCUT2D eigenvalue weighted by Crippen LogP contribution is -2.52. The van der Waals surface area contributed by atoms with Crippen LogP contribution in [0.4, 0.5) is 28.4 Å². The van der Waals surface area contributed by atoms with E-state index in [9.17, 15) is 40.3 Å². The number of hydrogen-bond donors (Lipinski definition) is 5. The Labute approximate surface area is 548 Å². The van der Waals surface area contributed by atoms with E-state index in [2.05, 4.69) is 41.6 Å². The van der Waals surface area contributed by atoms with Gasteiger partial charge < -0.3 is 63.8 Å². The molecule has 9 rings (SSSR count). The Balaban J connectivity index is 1.02. The number of carbonyl (C=O) groups is 3. The molecule has 0 aromatic heterocycles. The van der Waals surface area contributed by atoms with Crippen LogP contribution in [0.2, 0.25) is 0 Å². The third-order valence-corrected chi connectivity index (χ3v) is 22.9. The average molecular weight is 1350 g/mol. The van der Waals surface area contributed by atoms with Crippen LogP contribution in [0.1, 0.15) is 116 Å². The van der Waals surface area contributed by atoms with Gasteiger partial charge in [0.2, 0.25) is 5.91 Å². The summed E-state index contributed by atoms with van der Waals surface area (Å²) in [4.78, 5) is 48.1. The van der Waals surface area contributed by atoms with Crippen molar-refractivity contribution >= 4 is 88.0 Å². The topological polar surface area (TPSA) is 270 Å². The SMILES string of the molecule is CCCCC(CC)(CC)NC(=O)C(CCSSC(C)(C)CN(CCOCCOCCOC)c1cc(COc2cc3c(cc2OC)C(=O)N2c4ccccc4CC2CN3)cc(COc2cc3c(cc2OC)C(=O)N2c4ccccc4CC2C(S(=O)(=O)O)N3)c1)S(=O)(=O)O. The normalized spacial score (nSPS) is 17.2. The number of nitrogens with one attached hydrogen (secondary N) is 3. The fourth-order valence-electron chi connectivity index (χ4n) is 12.4. The Hall–Kier alpha value is -6.49. The van der Waals surface area contributed by atoms with Crippen LogP contribution in [-0.2, 0) is 65.3 Å². The number of amides is 3. The summed E-state index contributed by atoms with van der Waals surface area (Å²) in [5, 5.41) is 6.25. The van der Waals surface area contributed by atoms with Crippen LogP contribution in [0.15, 0.2) is 91.0 Å². The molecular weight excluding hydrogens is 1260 g/mol. The van der Waals surface area contributed by atoms with Gasteiger partial charge in [0, 0.05) is 72.0 Å². The van der Waals surface area contributed by atoms with E-state index in [1.807, 2.05) is 73.3 Å². The van der Waals surface area contributed by atoms with Crippen molar-refractivity contribution in [1.82, 2.24) is 5.32 Å². The van der Waals surface area contributed by atoms with E-state index in [0.717, 1.165) is 35.3 Å². The zero-order valence-corrected chi connectivity index (χ0v) is 56.8. The van der Waals surface area contributed by atoms with Gasteiger partial charge in [0.25, 0.3) is 32.1 Å². The summed E-state index contributed by atoms with van der Waals surface area (Å²) in [7, 11) is -2.06. The van der Waals surface area contributed by atoms with Gasteiger partial charge >= 0.3 is 0 Å². The molecule has 5 N–H and O–H groups in total.